The second-order valence-corrected chi connectivity index (χ2v) is 4.61. The third-order valence-corrected chi connectivity index (χ3v) is 3.41. The fourth-order valence-electron chi connectivity index (χ4n) is 1.63. The summed E-state index contributed by atoms with van der Waals surface area (Å²) in [4.78, 5) is 7.71. The van der Waals surface area contributed by atoms with E-state index in [4.69, 9.17) is 12.2 Å². The number of fused-ring (bicyclic) bond motifs is 1. The lowest BCUT2D eigenvalue weighted by Crippen LogP contribution is -1.89. The van der Waals surface area contributed by atoms with Crippen LogP contribution in [0.25, 0.3) is 22.3 Å². The second kappa shape index (κ2) is 3.81. The Morgan fingerprint density at radius 3 is 2.88 bits per heavy atom. The molecule has 78 valence electrons. The molecule has 0 bridgehead atoms. The van der Waals surface area contributed by atoms with Gasteiger partial charge in [0.1, 0.15) is 10.5 Å². The highest BCUT2D eigenvalue weighted by atomic mass is 32.1. The summed E-state index contributed by atoms with van der Waals surface area (Å²) < 4.78 is 0.649. The number of benzene rings is 1. The maximum atomic E-state index is 5.29. The van der Waals surface area contributed by atoms with Crippen LogP contribution in [0.3, 0.4) is 0 Å². The first-order valence-corrected chi connectivity index (χ1v) is 6.21. The van der Waals surface area contributed by atoms with Gasteiger partial charge in [-0.25, -0.2) is 4.98 Å². The van der Waals surface area contributed by atoms with E-state index in [9.17, 15) is 0 Å². The Labute approximate surface area is 102 Å². The minimum atomic E-state index is 0.649. The topological polar surface area (TPSA) is 28.7 Å². The molecule has 0 radical (unpaired) electrons. The Morgan fingerprint density at radius 2 is 2.06 bits per heavy atom. The van der Waals surface area contributed by atoms with Crippen LogP contribution in [0.2, 0.25) is 0 Å². The van der Waals surface area contributed by atoms with Gasteiger partial charge in [-0.1, -0.05) is 24.4 Å². The van der Waals surface area contributed by atoms with Crippen molar-refractivity contribution >= 4 is 34.5 Å². The minimum absolute atomic E-state index is 0.649. The van der Waals surface area contributed by atoms with Crippen molar-refractivity contribution in [1.82, 2.24) is 9.97 Å². The van der Waals surface area contributed by atoms with E-state index in [1.807, 2.05) is 35.7 Å². The standard InChI is InChI=1S/C12H8N2S2/c15-12-9-3-1-2-4-10(9)13-11(14-12)8-5-6-16-7-8/h1-7H,(H,13,14,15). The molecular weight excluding hydrogens is 236 g/mol. The lowest BCUT2D eigenvalue weighted by molar-refractivity contribution is 1.22. The number of hydrogen-bond donors (Lipinski definition) is 1. The molecule has 2 nitrogen and oxygen atoms in total. The fourth-order valence-corrected chi connectivity index (χ4v) is 2.54. The van der Waals surface area contributed by atoms with Gasteiger partial charge in [0.15, 0.2) is 0 Å². The summed E-state index contributed by atoms with van der Waals surface area (Å²) in [5.41, 5.74) is 2.12. The second-order valence-electron chi connectivity index (χ2n) is 3.45. The molecule has 0 aliphatic carbocycles. The van der Waals surface area contributed by atoms with Crippen LogP contribution in [0.5, 0.6) is 0 Å². The SMILES string of the molecule is S=c1nc(-c2ccsc2)[nH]c2ccccc12. The van der Waals surface area contributed by atoms with Gasteiger partial charge in [0.25, 0.3) is 0 Å². The molecule has 1 N–H and O–H groups in total. The largest absolute Gasteiger partial charge is 0.339 e. The molecule has 4 heteroatoms. The van der Waals surface area contributed by atoms with Gasteiger partial charge in [-0.2, -0.15) is 11.3 Å². The van der Waals surface area contributed by atoms with Gasteiger partial charge in [-0.05, 0) is 23.6 Å². The number of para-hydroxylation sites is 1. The first-order chi connectivity index (χ1) is 7.84. The van der Waals surface area contributed by atoms with Crippen molar-refractivity contribution in [2.45, 2.75) is 0 Å². The number of aromatic nitrogens is 2. The van der Waals surface area contributed by atoms with Gasteiger partial charge in [0, 0.05) is 21.8 Å². The van der Waals surface area contributed by atoms with E-state index >= 15 is 0 Å². The lowest BCUT2D eigenvalue weighted by Gasteiger charge is -2.02. The van der Waals surface area contributed by atoms with Crippen LogP contribution in [0.4, 0.5) is 0 Å². The average molecular weight is 244 g/mol. The first-order valence-electron chi connectivity index (χ1n) is 4.86. The molecule has 2 heterocycles. The van der Waals surface area contributed by atoms with Crippen LogP contribution >= 0.6 is 23.6 Å². The van der Waals surface area contributed by atoms with Gasteiger partial charge in [0.05, 0.1) is 0 Å². The molecule has 0 spiro atoms. The van der Waals surface area contributed by atoms with E-state index in [2.05, 4.69) is 15.3 Å². The maximum Gasteiger partial charge on any atom is 0.140 e. The number of thiophene rings is 1. The van der Waals surface area contributed by atoms with Crippen LogP contribution < -0.4 is 0 Å². The summed E-state index contributed by atoms with van der Waals surface area (Å²) in [5, 5.41) is 5.09. The normalized spacial score (nSPS) is 10.8. The molecule has 0 fully saturated rings. The molecule has 0 aliphatic rings. The molecular formula is C12H8N2S2. The molecule has 0 atom stereocenters. The number of nitrogens with one attached hydrogen (secondary N) is 1. The van der Waals surface area contributed by atoms with Crippen LogP contribution in [-0.4, -0.2) is 9.97 Å². The van der Waals surface area contributed by atoms with Crippen molar-refractivity contribution in [3.05, 3.63) is 45.7 Å². The predicted octanol–water partition coefficient (Wildman–Crippen LogP) is 4.02. The van der Waals surface area contributed by atoms with Crippen LogP contribution in [0, 0.1) is 4.64 Å². The minimum Gasteiger partial charge on any atom is -0.339 e. The van der Waals surface area contributed by atoms with E-state index in [0.717, 1.165) is 22.3 Å². The number of hydrogen-bond acceptors (Lipinski definition) is 3. The molecule has 16 heavy (non-hydrogen) atoms. The first kappa shape index (κ1) is 9.69. The Hall–Kier alpha value is -1.52. The molecule has 0 aliphatic heterocycles. The Balaban J connectivity index is 2.34. The van der Waals surface area contributed by atoms with Crippen LogP contribution in [0.15, 0.2) is 41.1 Å². The molecule has 0 unspecified atom stereocenters. The summed E-state index contributed by atoms with van der Waals surface area (Å²) in [5.74, 6) is 0.838. The predicted molar refractivity (Wildman–Crippen MR) is 70.2 cm³/mol. The smallest absolute Gasteiger partial charge is 0.140 e. The summed E-state index contributed by atoms with van der Waals surface area (Å²) in [7, 11) is 0. The van der Waals surface area contributed by atoms with E-state index in [-0.39, 0.29) is 0 Å². The van der Waals surface area contributed by atoms with Gasteiger partial charge in [-0.3, -0.25) is 0 Å². The van der Waals surface area contributed by atoms with Crippen molar-refractivity contribution in [2.75, 3.05) is 0 Å². The van der Waals surface area contributed by atoms with E-state index in [1.165, 1.54) is 0 Å². The summed E-state index contributed by atoms with van der Waals surface area (Å²) in [6, 6.07) is 10.00. The van der Waals surface area contributed by atoms with Crippen molar-refractivity contribution < 1.29 is 0 Å². The third-order valence-electron chi connectivity index (χ3n) is 2.42. The Morgan fingerprint density at radius 1 is 1.19 bits per heavy atom. The average Bonchev–Trinajstić information content (AvgIpc) is 2.82. The fraction of sp³-hybridized carbons (Fsp3) is 0. The maximum absolute atomic E-state index is 5.29. The summed E-state index contributed by atoms with van der Waals surface area (Å²) in [6.07, 6.45) is 0. The van der Waals surface area contributed by atoms with Gasteiger partial charge >= 0.3 is 0 Å². The van der Waals surface area contributed by atoms with Gasteiger partial charge in [0.2, 0.25) is 0 Å². The molecule has 0 amide bonds. The molecule has 1 aromatic carbocycles. The third kappa shape index (κ3) is 1.56. The van der Waals surface area contributed by atoms with E-state index in [1.54, 1.807) is 11.3 Å². The number of rotatable bonds is 1. The highest BCUT2D eigenvalue weighted by molar-refractivity contribution is 7.71. The molecule has 3 rings (SSSR count). The van der Waals surface area contributed by atoms with Crippen LogP contribution in [0.1, 0.15) is 0 Å². The lowest BCUT2D eigenvalue weighted by atomic mass is 10.2. The zero-order valence-corrected chi connectivity index (χ0v) is 9.94. The van der Waals surface area contributed by atoms with Gasteiger partial charge in [-0.15, -0.1) is 0 Å². The summed E-state index contributed by atoms with van der Waals surface area (Å²) >= 11 is 6.94. The number of H-pyrrole nitrogens is 1. The van der Waals surface area contributed by atoms with Crippen molar-refractivity contribution in [2.24, 2.45) is 0 Å². The van der Waals surface area contributed by atoms with E-state index in [0.29, 0.717) is 4.64 Å². The Bertz CT molecular complexity index is 684. The van der Waals surface area contributed by atoms with Crippen LogP contribution in [-0.2, 0) is 0 Å². The summed E-state index contributed by atoms with van der Waals surface area (Å²) in [6.45, 7) is 0. The monoisotopic (exact) mass is 244 g/mol. The molecule has 2 aromatic heterocycles. The zero-order chi connectivity index (χ0) is 11.0. The quantitative estimate of drug-likeness (QED) is 0.655. The van der Waals surface area contributed by atoms with Crippen molar-refractivity contribution in [3.63, 3.8) is 0 Å². The highest BCUT2D eigenvalue weighted by Crippen LogP contribution is 2.21. The Kier molecular flexibility index (Phi) is 2.31. The zero-order valence-electron chi connectivity index (χ0n) is 8.31. The molecule has 0 saturated carbocycles. The highest BCUT2D eigenvalue weighted by Gasteiger charge is 2.03. The van der Waals surface area contributed by atoms with Crippen molar-refractivity contribution in [3.8, 4) is 11.4 Å². The number of nitrogens with zero attached hydrogens (tertiary/aromatic N) is 1. The molecule has 0 saturated heterocycles. The molecule has 3 aromatic rings. The van der Waals surface area contributed by atoms with E-state index < -0.39 is 0 Å². The van der Waals surface area contributed by atoms with Crippen molar-refractivity contribution in [1.29, 1.82) is 0 Å². The van der Waals surface area contributed by atoms with Gasteiger partial charge < -0.3 is 4.98 Å². The number of aromatic amines is 1.